The van der Waals surface area contributed by atoms with Gasteiger partial charge >= 0.3 is 11.9 Å². The maximum Gasteiger partial charge on any atom is 0.348 e. The highest BCUT2D eigenvalue weighted by Gasteiger charge is 2.40. The summed E-state index contributed by atoms with van der Waals surface area (Å²) in [7, 11) is 0. The molecule has 0 saturated carbocycles. The Morgan fingerprint density at radius 1 is 1.11 bits per heavy atom. The van der Waals surface area contributed by atoms with Gasteiger partial charge in [-0.2, -0.15) is 0 Å². The van der Waals surface area contributed by atoms with Crippen molar-refractivity contribution in [2.45, 2.75) is 70.7 Å². The number of rotatable bonds is 5. The predicted molar refractivity (Wildman–Crippen MR) is 133 cm³/mol. The lowest BCUT2D eigenvalue weighted by Crippen LogP contribution is -2.61. The molecule has 0 aliphatic carbocycles. The molecule has 0 radical (unpaired) electrons. The molecule has 1 fully saturated rings. The number of carbonyl (C=O) groups is 3. The number of pyridine rings is 2. The second-order valence-electron chi connectivity index (χ2n) is 9.68. The number of ether oxygens (including phenoxy) is 2. The molecular formula is C26H34N4O8. The van der Waals surface area contributed by atoms with Gasteiger partial charge < -0.3 is 30.1 Å². The Labute approximate surface area is 220 Å². The molecule has 0 aromatic carbocycles. The predicted octanol–water partition coefficient (Wildman–Crippen LogP) is 0.310. The van der Waals surface area contributed by atoms with Crippen molar-refractivity contribution in [3.8, 4) is 5.75 Å². The van der Waals surface area contributed by atoms with Gasteiger partial charge in [-0.05, 0) is 44.0 Å². The van der Waals surface area contributed by atoms with Crippen LogP contribution in [0.5, 0.6) is 5.75 Å². The third-order valence-corrected chi connectivity index (χ3v) is 6.39. The molecule has 5 N–H and O–H groups in total. The van der Waals surface area contributed by atoms with E-state index in [1.54, 1.807) is 38.4 Å². The van der Waals surface area contributed by atoms with Crippen LogP contribution in [0.25, 0.3) is 0 Å². The zero-order valence-electron chi connectivity index (χ0n) is 21.6. The lowest BCUT2D eigenvalue weighted by atomic mass is 9.92. The molecule has 7 atom stereocenters. The van der Waals surface area contributed by atoms with Gasteiger partial charge in [-0.1, -0.05) is 19.9 Å². The van der Waals surface area contributed by atoms with Crippen molar-refractivity contribution in [2.75, 3.05) is 0 Å². The Morgan fingerprint density at radius 3 is 2.45 bits per heavy atom. The monoisotopic (exact) mass is 530 g/mol. The topological polar surface area (TPSA) is 180 Å². The molecule has 2 aromatic heterocycles. The fourth-order valence-corrected chi connectivity index (χ4v) is 4.12. The van der Waals surface area contributed by atoms with Crippen molar-refractivity contribution in [2.24, 2.45) is 11.8 Å². The van der Waals surface area contributed by atoms with E-state index in [1.165, 1.54) is 32.2 Å². The van der Waals surface area contributed by atoms with Gasteiger partial charge in [0.25, 0.3) is 5.91 Å². The quantitative estimate of drug-likeness (QED) is 0.336. The first-order chi connectivity index (χ1) is 18.0. The van der Waals surface area contributed by atoms with Crippen molar-refractivity contribution in [1.82, 2.24) is 20.6 Å². The number of cyclic esters (lactones) is 2. The number of nitrogens with zero attached hydrogens (tertiary/aromatic N) is 2. The normalized spacial score (nSPS) is 29.0. The third kappa shape index (κ3) is 7.03. The van der Waals surface area contributed by atoms with Crippen molar-refractivity contribution in [3.05, 3.63) is 54.1 Å². The number of aromatic hydroxyl groups is 1. The van der Waals surface area contributed by atoms with Crippen LogP contribution in [-0.4, -0.2) is 79.8 Å². The highest BCUT2D eigenvalue weighted by Crippen LogP contribution is 2.21. The largest absolute Gasteiger partial charge is 0.505 e. The van der Waals surface area contributed by atoms with Crippen LogP contribution in [0.15, 0.2) is 42.9 Å². The smallest absolute Gasteiger partial charge is 0.348 e. The number of amides is 1. The fourth-order valence-electron chi connectivity index (χ4n) is 4.12. The van der Waals surface area contributed by atoms with E-state index in [0.717, 1.165) is 0 Å². The summed E-state index contributed by atoms with van der Waals surface area (Å²) in [5.41, 5.74) is 0.418. The number of esters is 2. The van der Waals surface area contributed by atoms with Gasteiger partial charge in [0.1, 0.15) is 24.1 Å². The zero-order chi connectivity index (χ0) is 28.0. The van der Waals surface area contributed by atoms with Gasteiger partial charge in [0.2, 0.25) is 6.10 Å². The molecule has 0 spiro atoms. The first-order valence-electron chi connectivity index (χ1n) is 12.4. The fraction of sp³-hybridized carbons (Fsp3) is 0.500. The van der Waals surface area contributed by atoms with E-state index in [2.05, 4.69) is 20.6 Å². The van der Waals surface area contributed by atoms with Crippen LogP contribution in [0.4, 0.5) is 0 Å². The Hall–Kier alpha value is -3.61. The first-order valence-corrected chi connectivity index (χ1v) is 12.4. The number of aromatic nitrogens is 2. The van der Waals surface area contributed by atoms with Gasteiger partial charge in [0.15, 0.2) is 5.69 Å². The van der Waals surface area contributed by atoms with Gasteiger partial charge in [0.05, 0.1) is 12.0 Å². The molecule has 12 heteroatoms. The number of hydrogen-bond acceptors (Lipinski definition) is 11. The van der Waals surface area contributed by atoms with Gasteiger partial charge in [-0.3, -0.25) is 19.9 Å². The van der Waals surface area contributed by atoms with Crippen molar-refractivity contribution >= 4 is 17.8 Å². The van der Waals surface area contributed by atoms with Gasteiger partial charge in [-0.15, -0.1) is 0 Å². The van der Waals surface area contributed by atoms with Crippen LogP contribution in [0.2, 0.25) is 0 Å². The average Bonchev–Trinajstić information content (AvgIpc) is 2.88. The minimum atomic E-state index is -1.57. The maximum atomic E-state index is 12.9. The summed E-state index contributed by atoms with van der Waals surface area (Å²) < 4.78 is 11.0. The molecule has 7 unspecified atom stereocenters. The summed E-state index contributed by atoms with van der Waals surface area (Å²) in [6.07, 6.45) is -0.683. The molecule has 3 heterocycles. The maximum absolute atomic E-state index is 12.9. The van der Waals surface area contributed by atoms with Gasteiger partial charge in [0, 0.05) is 30.6 Å². The Kier molecular flexibility index (Phi) is 9.72. The number of hydrogen-bond donors (Lipinski definition) is 5. The first kappa shape index (κ1) is 29.0. The lowest BCUT2D eigenvalue weighted by Gasteiger charge is -2.36. The van der Waals surface area contributed by atoms with E-state index in [9.17, 15) is 29.7 Å². The van der Waals surface area contributed by atoms with E-state index < -0.39 is 66.3 Å². The second kappa shape index (κ2) is 12.8. The summed E-state index contributed by atoms with van der Waals surface area (Å²) in [6.45, 7) is 6.24. The van der Waals surface area contributed by atoms with E-state index in [0.29, 0.717) is 5.56 Å². The van der Waals surface area contributed by atoms with Crippen molar-refractivity contribution in [3.63, 3.8) is 0 Å². The average molecular weight is 531 g/mol. The molecule has 1 aliphatic heterocycles. The molecule has 1 saturated heterocycles. The summed E-state index contributed by atoms with van der Waals surface area (Å²) in [5.74, 6) is -4.42. The number of aliphatic hydroxyl groups excluding tert-OH is 2. The zero-order valence-corrected chi connectivity index (χ0v) is 21.6. The van der Waals surface area contributed by atoms with Crippen LogP contribution in [-0.2, 0) is 25.5 Å². The molecule has 1 amide bonds. The second-order valence-corrected chi connectivity index (χ2v) is 9.68. The summed E-state index contributed by atoms with van der Waals surface area (Å²) in [5, 5.41) is 37.9. The molecule has 38 heavy (non-hydrogen) atoms. The molecule has 1 aliphatic rings. The summed E-state index contributed by atoms with van der Waals surface area (Å²) >= 11 is 0. The SMILES string of the molecule is CC(C)C1OC(=O)C(C)C(O)C(Cc2cccnc2)NC(O)C(NC(=O)c2ncccc2O)C(C)OC1=O. The standard InChI is InChI=1S/C26H34N4O8/c1-13(2)22-26(36)37-15(4)19(30-24(34)20-18(31)8-6-10-28-20)23(33)29-17(11-16-7-5-9-27-12-16)21(32)14(3)25(35)38-22/h5-10,12-15,17,19,21-23,29,31-33H,11H2,1-4H3,(H,30,34). The van der Waals surface area contributed by atoms with Crippen molar-refractivity contribution in [1.29, 1.82) is 0 Å². The van der Waals surface area contributed by atoms with E-state index in [1.807, 2.05) is 0 Å². The number of nitrogens with one attached hydrogen (secondary N) is 2. The van der Waals surface area contributed by atoms with Crippen LogP contribution in [0.3, 0.4) is 0 Å². The Bertz CT molecular complexity index is 1120. The van der Waals surface area contributed by atoms with Crippen molar-refractivity contribution < 1.29 is 39.2 Å². The molecule has 206 valence electrons. The van der Waals surface area contributed by atoms with Crippen LogP contribution < -0.4 is 10.6 Å². The van der Waals surface area contributed by atoms with E-state index in [4.69, 9.17) is 9.47 Å². The molecular weight excluding hydrogens is 496 g/mol. The molecule has 12 nitrogen and oxygen atoms in total. The van der Waals surface area contributed by atoms with Crippen LogP contribution in [0.1, 0.15) is 43.7 Å². The van der Waals surface area contributed by atoms with Crippen LogP contribution in [0, 0.1) is 11.8 Å². The minimum Gasteiger partial charge on any atom is -0.505 e. The summed E-state index contributed by atoms with van der Waals surface area (Å²) in [6, 6.07) is 4.05. The number of carbonyl (C=O) groups excluding carboxylic acids is 3. The lowest BCUT2D eigenvalue weighted by molar-refractivity contribution is -0.181. The van der Waals surface area contributed by atoms with Gasteiger partial charge in [-0.25, -0.2) is 9.78 Å². The Balaban J connectivity index is 1.98. The molecule has 0 bridgehead atoms. The highest BCUT2D eigenvalue weighted by molar-refractivity contribution is 5.95. The van der Waals surface area contributed by atoms with E-state index >= 15 is 0 Å². The Morgan fingerprint density at radius 2 is 1.82 bits per heavy atom. The number of aliphatic hydroxyl groups is 2. The highest BCUT2D eigenvalue weighted by atomic mass is 16.6. The third-order valence-electron chi connectivity index (χ3n) is 6.39. The minimum absolute atomic E-state index is 0.160. The molecule has 3 rings (SSSR count). The van der Waals surface area contributed by atoms with E-state index in [-0.39, 0.29) is 17.9 Å². The summed E-state index contributed by atoms with van der Waals surface area (Å²) in [4.78, 5) is 46.7. The molecule has 2 aromatic rings. The van der Waals surface area contributed by atoms with Crippen LogP contribution >= 0.6 is 0 Å².